The fraction of sp³-hybridized carbons (Fsp3) is 0.353. The van der Waals surface area contributed by atoms with Crippen LogP contribution in [0.4, 0.5) is 4.79 Å². The number of hydrogen-bond acceptors (Lipinski definition) is 3. The summed E-state index contributed by atoms with van der Waals surface area (Å²) in [6.07, 6.45) is 3.66. The van der Waals surface area contributed by atoms with Crippen LogP contribution in [0.5, 0.6) is 0 Å². The van der Waals surface area contributed by atoms with Gasteiger partial charge in [0.2, 0.25) is 5.91 Å². The van der Waals surface area contributed by atoms with Gasteiger partial charge in [-0.15, -0.1) is 0 Å². The minimum absolute atomic E-state index is 0.0801. The molecule has 0 aliphatic rings. The number of aromatic nitrogens is 2. The molecule has 0 bridgehead atoms. The third kappa shape index (κ3) is 5.12. The van der Waals surface area contributed by atoms with Gasteiger partial charge in [-0.05, 0) is 31.0 Å². The number of benzene rings is 1. The predicted molar refractivity (Wildman–Crippen MR) is 91.1 cm³/mol. The van der Waals surface area contributed by atoms with Gasteiger partial charge in [0.05, 0.1) is 19.0 Å². The van der Waals surface area contributed by atoms with E-state index in [1.54, 1.807) is 10.9 Å². The van der Waals surface area contributed by atoms with Crippen LogP contribution in [0.3, 0.4) is 0 Å². The predicted octanol–water partition coefficient (Wildman–Crippen LogP) is 1.50. The number of nitrogens with zero attached hydrogens (tertiary/aromatic N) is 2. The molecule has 0 saturated heterocycles. The van der Waals surface area contributed by atoms with Gasteiger partial charge < -0.3 is 16.4 Å². The van der Waals surface area contributed by atoms with Crippen LogP contribution >= 0.6 is 0 Å². The van der Waals surface area contributed by atoms with Crippen molar-refractivity contribution in [1.82, 2.24) is 20.4 Å². The highest BCUT2D eigenvalue weighted by Crippen LogP contribution is 2.20. The number of aryl methyl sites for hydroxylation is 1. The van der Waals surface area contributed by atoms with Crippen LogP contribution in [0.1, 0.15) is 30.5 Å². The van der Waals surface area contributed by atoms with Crippen molar-refractivity contribution < 1.29 is 9.59 Å². The summed E-state index contributed by atoms with van der Waals surface area (Å²) in [5, 5.41) is 9.68. The summed E-state index contributed by atoms with van der Waals surface area (Å²) >= 11 is 0. The van der Waals surface area contributed by atoms with Gasteiger partial charge in [-0.2, -0.15) is 5.10 Å². The van der Waals surface area contributed by atoms with Gasteiger partial charge in [0.15, 0.2) is 0 Å². The summed E-state index contributed by atoms with van der Waals surface area (Å²) in [4.78, 5) is 23.6. The first-order valence-electron chi connectivity index (χ1n) is 7.84. The molecule has 128 valence electrons. The number of rotatable bonds is 7. The van der Waals surface area contributed by atoms with Crippen LogP contribution in [0.15, 0.2) is 42.7 Å². The Morgan fingerprint density at radius 1 is 1.25 bits per heavy atom. The largest absolute Gasteiger partial charge is 0.352 e. The van der Waals surface area contributed by atoms with Crippen molar-refractivity contribution >= 4 is 11.9 Å². The first-order valence-corrected chi connectivity index (χ1v) is 7.84. The van der Waals surface area contributed by atoms with Gasteiger partial charge in [0.25, 0.3) is 0 Å². The second kappa shape index (κ2) is 8.14. The quantitative estimate of drug-likeness (QED) is 0.717. The SMILES string of the molecule is Cc1ccccc1[C@@H](CC(=O)N[C@H](C)Cn1cccn1)NC(N)=O. The molecule has 0 spiro atoms. The van der Waals surface area contributed by atoms with E-state index >= 15 is 0 Å². The molecule has 0 radical (unpaired) electrons. The van der Waals surface area contributed by atoms with Crippen LogP contribution < -0.4 is 16.4 Å². The summed E-state index contributed by atoms with van der Waals surface area (Å²) in [6.45, 7) is 4.42. The molecular formula is C17H23N5O2. The molecule has 0 unspecified atom stereocenters. The van der Waals surface area contributed by atoms with Crippen LogP contribution in [-0.4, -0.2) is 27.8 Å². The maximum atomic E-state index is 12.3. The molecule has 2 aromatic rings. The number of nitrogens with one attached hydrogen (secondary N) is 2. The number of urea groups is 1. The van der Waals surface area contributed by atoms with E-state index in [0.29, 0.717) is 6.54 Å². The maximum Gasteiger partial charge on any atom is 0.312 e. The van der Waals surface area contributed by atoms with E-state index in [1.807, 2.05) is 50.4 Å². The Morgan fingerprint density at radius 2 is 2.00 bits per heavy atom. The van der Waals surface area contributed by atoms with Crippen molar-refractivity contribution in [3.8, 4) is 0 Å². The Bertz CT molecular complexity index is 684. The summed E-state index contributed by atoms with van der Waals surface area (Å²) in [5.41, 5.74) is 7.13. The standard InChI is InChI=1S/C17H23N5O2/c1-12-6-3-4-7-14(12)15(21-17(18)24)10-16(23)20-13(2)11-22-9-5-8-19-22/h3-9,13,15H,10-11H2,1-2H3,(H,20,23)(H3,18,21,24)/t13-,15-/m1/s1. The number of carbonyl (C=O) groups is 2. The molecule has 24 heavy (non-hydrogen) atoms. The Morgan fingerprint density at radius 3 is 2.62 bits per heavy atom. The van der Waals surface area contributed by atoms with E-state index < -0.39 is 12.1 Å². The number of hydrogen-bond donors (Lipinski definition) is 3. The molecule has 1 aromatic heterocycles. The first-order chi connectivity index (χ1) is 11.5. The molecule has 0 aliphatic carbocycles. The topological polar surface area (TPSA) is 102 Å². The highest BCUT2D eigenvalue weighted by Gasteiger charge is 2.20. The zero-order valence-corrected chi connectivity index (χ0v) is 13.9. The fourth-order valence-corrected chi connectivity index (χ4v) is 2.64. The number of amides is 3. The molecule has 2 rings (SSSR count). The van der Waals surface area contributed by atoms with Gasteiger partial charge in [-0.1, -0.05) is 24.3 Å². The van der Waals surface area contributed by atoms with Crippen LogP contribution in [0.25, 0.3) is 0 Å². The molecule has 0 saturated carbocycles. The summed E-state index contributed by atoms with van der Waals surface area (Å²) in [6, 6.07) is 8.24. The lowest BCUT2D eigenvalue weighted by Gasteiger charge is -2.21. The molecule has 3 amide bonds. The third-order valence-corrected chi connectivity index (χ3v) is 3.70. The van der Waals surface area contributed by atoms with Gasteiger partial charge in [-0.3, -0.25) is 9.48 Å². The Labute approximate surface area is 141 Å². The van der Waals surface area contributed by atoms with E-state index in [2.05, 4.69) is 15.7 Å². The summed E-state index contributed by atoms with van der Waals surface area (Å²) in [5.74, 6) is -0.156. The molecule has 1 aromatic carbocycles. The van der Waals surface area contributed by atoms with E-state index in [9.17, 15) is 9.59 Å². The van der Waals surface area contributed by atoms with E-state index in [4.69, 9.17) is 5.73 Å². The molecule has 7 heteroatoms. The average molecular weight is 329 g/mol. The smallest absolute Gasteiger partial charge is 0.312 e. The Hall–Kier alpha value is -2.83. The van der Waals surface area contributed by atoms with Gasteiger partial charge in [0, 0.05) is 18.4 Å². The van der Waals surface area contributed by atoms with Gasteiger partial charge in [0.1, 0.15) is 0 Å². The monoisotopic (exact) mass is 329 g/mol. The molecule has 1 heterocycles. The van der Waals surface area contributed by atoms with Gasteiger partial charge in [-0.25, -0.2) is 4.79 Å². The van der Waals surface area contributed by atoms with Gasteiger partial charge >= 0.3 is 6.03 Å². The second-order valence-electron chi connectivity index (χ2n) is 5.82. The minimum Gasteiger partial charge on any atom is -0.352 e. The van der Waals surface area contributed by atoms with E-state index in [-0.39, 0.29) is 18.4 Å². The normalized spacial score (nSPS) is 13.1. The molecular weight excluding hydrogens is 306 g/mol. The van der Waals surface area contributed by atoms with Crippen molar-refractivity contribution in [2.24, 2.45) is 5.73 Å². The van der Waals surface area contributed by atoms with Crippen LogP contribution in [0.2, 0.25) is 0 Å². The molecule has 0 fully saturated rings. The Kier molecular flexibility index (Phi) is 5.95. The lowest BCUT2D eigenvalue weighted by atomic mass is 9.98. The molecule has 2 atom stereocenters. The average Bonchev–Trinajstić information content (AvgIpc) is 2.99. The number of carbonyl (C=O) groups excluding carboxylic acids is 2. The second-order valence-corrected chi connectivity index (χ2v) is 5.82. The zero-order chi connectivity index (χ0) is 17.5. The van der Waals surface area contributed by atoms with E-state index in [1.165, 1.54) is 0 Å². The molecule has 4 N–H and O–H groups in total. The van der Waals surface area contributed by atoms with Crippen molar-refractivity contribution in [3.63, 3.8) is 0 Å². The van der Waals surface area contributed by atoms with Crippen molar-refractivity contribution in [2.45, 2.75) is 38.9 Å². The van der Waals surface area contributed by atoms with Crippen molar-refractivity contribution in [2.75, 3.05) is 0 Å². The van der Waals surface area contributed by atoms with Crippen molar-refractivity contribution in [1.29, 1.82) is 0 Å². The maximum absolute atomic E-state index is 12.3. The van der Waals surface area contributed by atoms with Crippen LogP contribution in [0, 0.1) is 6.92 Å². The Balaban J connectivity index is 1.99. The summed E-state index contributed by atoms with van der Waals surface area (Å²) < 4.78 is 1.76. The number of nitrogens with two attached hydrogens (primary N) is 1. The van der Waals surface area contributed by atoms with Crippen molar-refractivity contribution in [3.05, 3.63) is 53.9 Å². The lowest BCUT2D eigenvalue weighted by molar-refractivity contribution is -0.122. The highest BCUT2D eigenvalue weighted by atomic mass is 16.2. The minimum atomic E-state index is -0.652. The number of primary amides is 1. The molecule has 7 nitrogen and oxygen atoms in total. The third-order valence-electron chi connectivity index (χ3n) is 3.70. The van der Waals surface area contributed by atoms with E-state index in [0.717, 1.165) is 11.1 Å². The zero-order valence-electron chi connectivity index (χ0n) is 13.9. The van der Waals surface area contributed by atoms with Crippen LogP contribution in [-0.2, 0) is 11.3 Å². The molecule has 0 aliphatic heterocycles. The summed E-state index contributed by atoms with van der Waals surface area (Å²) in [7, 11) is 0. The fourth-order valence-electron chi connectivity index (χ4n) is 2.64. The highest BCUT2D eigenvalue weighted by molar-refractivity contribution is 5.79. The lowest BCUT2D eigenvalue weighted by Crippen LogP contribution is -2.40. The first kappa shape index (κ1) is 17.5.